The molecule has 1 amide bonds. The SMILES string of the molecule is Cc1sc(-c2ccco2)nc1C(=O)Nc1nc(CN2CCCCC2)cs1. The molecule has 0 bridgehead atoms. The van der Waals surface area contributed by atoms with Gasteiger partial charge in [-0.2, -0.15) is 0 Å². The van der Waals surface area contributed by atoms with Gasteiger partial charge in [0.1, 0.15) is 5.69 Å². The van der Waals surface area contributed by atoms with Crippen LogP contribution in [0.3, 0.4) is 0 Å². The third kappa shape index (κ3) is 3.87. The molecule has 1 aliphatic heterocycles. The largest absolute Gasteiger partial charge is 0.462 e. The van der Waals surface area contributed by atoms with E-state index in [-0.39, 0.29) is 5.91 Å². The summed E-state index contributed by atoms with van der Waals surface area (Å²) in [7, 11) is 0. The number of carbonyl (C=O) groups excluding carboxylic acids is 1. The predicted molar refractivity (Wildman–Crippen MR) is 104 cm³/mol. The number of carbonyl (C=O) groups is 1. The third-order valence-electron chi connectivity index (χ3n) is 4.35. The van der Waals surface area contributed by atoms with E-state index >= 15 is 0 Å². The van der Waals surface area contributed by atoms with Gasteiger partial charge >= 0.3 is 0 Å². The molecule has 1 saturated heterocycles. The normalized spacial score (nSPS) is 15.3. The van der Waals surface area contributed by atoms with Crippen LogP contribution in [0.2, 0.25) is 0 Å². The Morgan fingerprint density at radius 2 is 2.15 bits per heavy atom. The first-order valence-electron chi connectivity index (χ1n) is 8.68. The van der Waals surface area contributed by atoms with Gasteiger partial charge in [-0.3, -0.25) is 15.0 Å². The standard InChI is InChI=1S/C18H20N4O2S2/c1-12-15(20-17(26-12)14-6-5-9-24-14)16(23)21-18-19-13(11-25-18)10-22-7-3-2-4-8-22/h5-6,9,11H,2-4,7-8,10H2,1H3,(H,19,21,23). The maximum absolute atomic E-state index is 12.6. The lowest BCUT2D eigenvalue weighted by molar-refractivity contribution is 0.102. The summed E-state index contributed by atoms with van der Waals surface area (Å²) in [6, 6.07) is 3.65. The van der Waals surface area contributed by atoms with Crippen molar-refractivity contribution in [2.24, 2.45) is 0 Å². The molecule has 1 fully saturated rings. The molecule has 26 heavy (non-hydrogen) atoms. The number of hydrogen-bond acceptors (Lipinski definition) is 7. The fourth-order valence-electron chi connectivity index (χ4n) is 3.05. The van der Waals surface area contributed by atoms with Gasteiger partial charge < -0.3 is 4.42 Å². The van der Waals surface area contributed by atoms with E-state index in [0.29, 0.717) is 21.6 Å². The zero-order valence-electron chi connectivity index (χ0n) is 14.5. The van der Waals surface area contributed by atoms with E-state index in [0.717, 1.165) is 30.2 Å². The second-order valence-electron chi connectivity index (χ2n) is 6.34. The summed E-state index contributed by atoms with van der Waals surface area (Å²) >= 11 is 2.91. The van der Waals surface area contributed by atoms with Gasteiger partial charge in [0, 0.05) is 16.8 Å². The highest BCUT2D eigenvalue weighted by Gasteiger charge is 2.19. The first-order valence-corrected chi connectivity index (χ1v) is 10.4. The Morgan fingerprint density at radius 3 is 2.92 bits per heavy atom. The zero-order chi connectivity index (χ0) is 17.9. The van der Waals surface area contributed by atoms with Crippen LogP contribution in [-0.2, 0) is 6.54 Å². The number of nitrogens with one attached hydrogen (secondary N) is 1. The third-order valence-corrected chi connectivity index (χ3v) is 6.14. The van der Waals surface area contributed by atoms with E-state index in [1.54, 1.807) is 6.26 Å². The molecular formula is C18H20N4O2S2. The number of piperidine rings is 1. The van der Waals surface area contributed by atoms with E-state index in [1.165, 1.54) is 41.9 Å². The van der Waals surface area contributed by atoms with Crippen molar-refractivity contribution in [1.29, 1.82) is 0 Å². The second-order valence-corrected chi connectivity index (χ2v) is 8.40. The number of aryl methyl sites for hydroxylation is 1. The van der Waals surface area contributed by atoms with Gasteiger partial charge in [-0.15, -0.1) is 22.7 Å². The van der Waals surface area contributed by atoms with Gasteiger partial charge in [-0.05, 0) is 45.0 Å². The minimum absolute atomic E-state index is 0.226. The number of thiazole rings is 2. The van der Waals surface area contributed by atoms with Gasteiger partial charge in [0.25, 0.3) is 5.91 Å². The van der Waals surface area contributed by atoms with E-state index < -0.39 is 0 Å². The molecule has 3 aromatic rings. The van der Waals surface area contributed by atoms with Crippen molar-refractivity contribution in [2.75, 3.05) is 18.4 Å². The van der Waals surface area contributed by atoms with Crippen LogP contribution < -0.4 is 5.32 Å². The van der Waals surface area contributed by atoms with E-state index in [2.05, 4.69) is 20.2 Å². The summed E-state index contributed by atoms with van der Waals surface area (Å²) in [4.78, 5) is 24.8. The van der Waals surface area contributed by atoms with Gasteiger partial charge in [0.05, 0.1) is 12.0 Å². The Bertz CT molecular complexity index is 879. The summed E-state index contributed by atoms with van der Waals surface area (Å²) in [5.74, 6) is 0.450. The Morgan fingerprint density at radius 1 is 1.31 bits per heavy atom. The highest BCUT2D eigenvalue weighted by atomic mass is 32.1. The topological polar surface area (TPSA) is 71.3 Å². The minimum Gasteiger partial charge on any atom is -0.462 e. The van der Waals surface area contributed by atoms with Gasteiger partial charge in [0.2, 0.25) is 0 Å². The maximum Gasteiger partial charge on any atom is 0.277 e. The Labute approximate surface area is 159 Å². The quantitative estimate of drug-likeness (QED) is 0.701. The molecular weight excluding hydrogens is 368 g/mol. The summed E-state index contributed by atoms with van der Waals surface area (Å²) in [5.41, 5.74) is 1.44. The van der Waals surface area contributed by atoms with Crippen LogP contribution in [-0.4, -0.2) is 33.9 Å². The number of anilines is 1. The van der Waals surface area contributed by atoms with Crippen LogP contribution in [0.1, 0.15) is 40.3 Å². The highest BCUT2D eigenvalue weighted by Crippen LogP contribution is 2.28. The summed E-state index contributed by atoms with van der Waals surface area (Å²) in [5, 5.41) is 6.23. The average Bonchev–Trinajstić information content (AvgIpc) is 3.37. The van der Waals surface area contributed by atoms with E-state index in [1.807, 2.05) is 24.4 Å². The lowest BCUT2D eigenvalue weighted by Gasteiger charge is -2.25. The van der Waals surface area contributed by atoms with Crippen molar-refractivity contribution >= 4 is 33.7 Å². The van der Waals surface area contributed by atoms with Crippen molar-refractivity contribution in [2.45, 2.75) is 32.7 Å². The molecule has 1 aliphatic rings. The Hall–Kier alpha value is -2.03. The maximum atomic E-state index is 12.6. The predicted octanol–water partition coefficient (Wildman–Crippen LogP) is 4.41. The molecule has 136 valence electrons. The van der Waals surface area contributed by atoms with Gasteiger partial charge in [-0.25, -0.2) is 9.97 Å². The molecule has 3 aromatic heterocycles. The van der Waals surface area contributed by atoms with Crippen LogP contribution in [0.15, 0.2) is 28.2 Å². The average molecular weight is 389 g/mol. The monoisotopic (exact) mass is 388 g/mol. The van der Waals surface area contributed by atoms with Crippen molar-refractivity contribution < 1.29 is 9.21 Å². The van der Waals surface area contributed by atoms with E-state index in [9.17, 15) is 4.79 Å². The summed E-state index contributed by atoms with van der Waals surface area (Å²) in [6.45, 7) is 5.01. The Balaban J connectivity index is 1.42. The lowest BCUT2D eigenvalue weighted by atomic mass is 10.1. The molecule has 4 rings (SSSR count). The first kappa shape index (κ1) is 17.4. The second kappa shape index (κ2) is 7.69. The molecule has 0 aromatic carbocycles. The van der Waals surface area contributed by atoms with Crippen LogP contribution in [0, 0.1) is 6.92 Å². The Kier molecular flexibility index (Phi) is 5.14. The number of rotatable bonds is 5. The molecule has 0 radical (unpaired) electrons. The van der Waals surface area contributed by atoms with Crippen LogP contribution in [0.25, 0.3) is 10.8 Å². The highest BCUT2D eigenvalue weighted by molar-refractivity contribution is 7.15. The first-order chi connectivity index (χ1) is 12.7. The van der Waals surface area contributed by atoms with Crippen LogP contribution in [0.4, 0.5) is 5.13 Å². The fourth-order valence-corrected chi connectivity index (χ4v) is 4.63. The number of furan rings is 1. The molecule has 0 unspecified atom stereocenters. The number of nitrogens with zero attached hydrogens (tertiary/aromatic N) is 3. The van der Waals surface area contributed by atoms with Crippen molar-refractivity contribution in [1.82, 2.24) is 14.9 Å². The zero-order valence-corrected chi connectivity index (χ0v) is 16.2. The number of amides is 1. The van der Waals surface area contributed by atoms with Gasteiger partial charge in [-0.1, -0.05) is 6.42 Å². The molecule has 1 N–H and O–H groups in total. The molecule has 0 saturated carbocycles. The van der Waals surface area contributed by atoms with E-state index in [4.69, 9.17) is 4.42 Å². The number of hydrogen-bond donors (Lipinski definition) is 1. The number of likely N-dealkylation sites (tertiary alicyclic amines) is 1. The van der Waals surface area contributed by atoms with Crippen LogP contribution in [0.5, 0.6) is 0 Å². The molecule has 0 atom stereocenters. The van der Waals surface area contributed by atoms with Crippen LogP contribution >= 0.6 is 22.7 Å². The summed E-state index contributed by atoms with van der Waals surface area (Å²) < 4.78 is 5.36. The van der Waals surface area contributed by atoms with Crippen molar-refractivity contribution in [3.63, 3.8) is 0 Å². The van der Waals surface area contributed by atoms with Gasteiger partial charge in [0.15, 0.2) is 15.9 Å². The van der Waals surface area contributed by atoms with Crippen molar-refractivity contribution in [3.05, 3.63) is 40.0 Å². The number of aromatic nitrogens is 2. The molecule has 0 aliphatic carbocycles. The smallest absolute Gasteiger partial charge is 0.277 e. The minimum atomic E-state index is -0.226. The molecule has 4 heterocycles. The summed E-state index contributed by atoms with van der Waals surface area (Å²) in [6.07, 6.45) is 5.44. The van der Waals surface area contributed by atoms with Crippen molar-refractivity contribution in [3.8, 4) is 10.8 Å². The molecule has 8 heteroatoms. The molecule has 6 nitrogen and oxygen atoms in total. The lowest BCUT2D eigenvalue weighted by Crippen LogP contribution is -2.29. The molecule has 0 spiro atoms. The fraction of sp³-hybridized carbons (Fsp3) is 0.389.